The lowest BCUT2D eigenvalue weighted by Crippen LogP contribution is -2.24. The third-order valence-corrected chi connectivity index (χ3v) is 3.26. The van der Waals surface area contributed by atoms with Gasteiger partial charge < -0.3 is 9.84 Å². The van der Waals surface area contributed by atoms with Gasteiger partial charge in [-0.15, -0.1) is 0 Å². The fourth-order valence-corrected chi connectivity index (χ4v) is 2.22. The first-order valence-corrected chi connectivity index (χ1v) is 7.17. The van der Waals surface area contributed by atoms with Gasteiger partial charge in [-0.25, -0.2) is 0 Å². The monoisotopic (exact) mass is 286 g/mol. The van der Waals surface area contributed by atoms with Crippen molar-refractivity contribution in [3.63, 3.8) is 0 Å². The largest absolute Gasteiger partial charge is 0.494 e. The molecule has 0 aliphatic carbocycles. The van der Waals surface area contributed by atoms with Crippen molar-refractivity contribution >= 4 is 0 Å². The average molecular weight is 286 g/mol. The van der Waals surface area contributed by atoms with Crippen molar-refractivity contribution < 1.29 is 9.84 Å². The molecule has 0 spiro atoms. The molecule has 1 aromatic carbocycles. The Labute approximate surface area is 126 Å². The molecule has 112 valence electrons. The molecule has 2 aromatic rings. The summed E-state index contributed by atoms with van der Waals surface area (Å²) in [5, 5.41) is 10.3. The van der Waals surface area contributed by atoms with Crippen LogP contribution in [0.25, 0.3) is 0 Å². The van der Waals surface area contributed by atoms with Crippen LogP contribution in [0.15, 0.2) is 48.8 Å². The molecule has 0 amide bonds. The van der Waals surface area contributed by atoms with E-state index < -0.39 is 6.10 Å². The van der Waals surface area contributed by atoms with Gasteiger partial charge in [0.2, 0.25) is 0 Å². The fraction of sp³-hybridized carbons (Fsp3) is 0.353. The molecule has 4 heteroatoms. The maximum atomic E-state index is 10.3. The summed E-state index contributed by atoms with van der Waals surface area (Å²) < 4.78 is 5.40. The van der Waals surface area contributed by atoms with Crippen LogP contribution in [0.2, 0.25) is 0 Å². The van der Waals surface area contributed by atoms with E-state index in [9.17, 15) is 5.11 Å². The second kappa shape index (κ2) is 7.76. The number of ether oxygens (including phenoxy) is 1. The second-order valence-electron chi connectivity index (χ2n) is 5.07. The molecule has 0 saturated heterocycles. The molecule has 0 aliphatic rings. The van der Waals surface area contributed by atoms with Crippen LogP contribution >= 0.6 is 0 Å². The summed E-state index contributed by atoms with van der Waals surface area (Å²) in [6.07, 6.45) is 3.06. The molecule has 0 bridgehead atoms. The van der Waals surface area contributed by atoms with Gasteiger partial charge in [0.15, 0.2) is 0 Å². The molecular weight excluding hydrogens is 264 g/mol. The summed E-state index contributed by atoms with van der Waals surface area (Å²) in [6, 6.07) is 11.6. The average Bonchev–Trinajstić information content (AvgIpc) is 2.49. The topological polar surface area (TPSA) is 45.6 Å². The first-order chi connectivity index (χ1) is 10.2. The molecule has 0 radical (unpaired) electrons. The zero-order chi connectivity index (χ0) is 15.1. The van der Waals surface area contributed by atoms with Crippen LogP contribution in [0.4, 0.5) is 0 Å². The SMILES string of the molecule is CCOc1ccc(C(O)CN(C)Cc2ccncc2)cc1. The molecule has 1 unspecified atom stereocenters. The number of likely N-dealkylation sites (N-methyl/N-ethyl adjacent to an activating group) is 1. The summed E-state index contributed by atoms with van der Waals surface area (Å²) in [7, 11) is 2.00. The van der Waals surface area contributed by atoms with Gasteiger partial charge in [0.05, 0.1) is 12.7 Å². The van der Waals surface area contributed by atoms with Crippen molar-refractivity contribution in [3.8, 4) is 5.75 Å². The number of nitrogens with zero attached hydrogens (tertiary/aromatic N) is 2. The van der Waals surface area contributed by atoms with Crippen molar-refractivity contribution in [1.29, 1.82) is 0 Å². The number of hydrogen-bond donors (Lipinski definition) is 1. The molecule has 0 aliphatic heterocycles. The maximum absolute atomic E-state index is 10.3. The molecule has 0 fully saturated rings. The van der Waals surface area contributed by atoms with Gasteiger partial charge in [-0.1, -0.05) is 12.1 Å². The fourth-order valence-electron chi connectivity index (χ4n) is 2.22. The van der Waals surface area contributed by atoms with Crippen molar-refractivity contribution in [2.24, 2.45) is 0 Å². The van der Waals surface area contributed by atoms with Gasteiger partial charge >= 0.3 is 0 Å². The zero-order valence-electron chi connectivity index (χ0n) is 12.6. The summed E-state index contributed by atoms with van der Waals surface area (Å²) in [6.45, 7) is 3.97. The van der Waals surface area contributed by atoms with Crippen molar-refractivity contribution in [3.05, 3.63) is 59.9 Å². The van der Waals surface area contributed by atoms with E-state index in [1.807, 2.05) is 50.4 Å². The summed E-state index contributed by atoms with van der Waals surface area (Å²) in [4.78, 5) is 6.10. The second-order valence-corrected chi connectivity index (χ2v) is 5.07. The van der Waals surface area contributed by atoms with E-state index in [0.717, 1.165) is 17.9 Å². The van der Waals surface area contributed by atoms with E-state index in [0.29, 0.717) is 13.2 Å². The van der Waals surface area contributed by atoms with E-state index in [4.69, 9.17) is 4.74 Å². The van der Waals surface area contributed by atoms with Crippen molar-refractivity contribution in [1.82, 2.24) is 9.88 Å². The molecule has 1 aromatic heterocycles. The first-order valence-electron chi connectivity index (χ1n) is 7.17. The van der Waals surface area contributed by atoms with Gasteiger partial charge in [-0.3, -0.25) is 9.88 Å². The van der Waals surface area contributed by atoms with E-state index in [-0.39, 0.29) is 0 Å². The van der Waals surface area contributed by atoms with Crippen molar-refractivity contribution in [2.45, 2.75) is 19.6 Å². The van der Waals surface area contributed by atoms with Crippen LogP contribution in [0.5, 0.6) is 5.75 Å². The lowest BCUT2D eigenvalue weighted by atomic mass is 10.1. The number of aliphatic hydroxyl groups excluding tert-OH is 1. The number of benzene rings is 1. The minimum Gasteiger partial charge on any atom is -0.494 e. The summed E-state index contributed by atoms with van der Waals surface area (Å²) in [5.74, 6) is 0.832. The molecule has 1 heterocycles. The number of rotatable bonds is 7. The van der Waals surface area contributed by atoms with Crippen LogP contribution < -0.4 is 4.74 Å². The molecule has 21 heavy (non-hydrogen) atoms. The summed E-state index contributed by atoms with van der Waals surface area (Å²) in [5.41, 5.74) is 2.09. The van der Waals surface area contributed by atoms with Crippen LogP contribution in [0, 0.1) is 0 Å². The van der Waals surface area contributed by atoms with Gasteiger partial charge in [-0.2, -0.15) is 0 Å². The van der Waals surface area contributed by atoms with Gasteiger partial charge in [0.1, 0.15) is 5.75 Å². The third-order valence-electron chi connectivity index (χ3n) is 3.26. The highest BCUT2D eigenvalue weighted by molar-refractivity contribution is 5.28. The van der Waals surface area contributed by atoms with Gasteiger partial charge in [0, 0.05) is 25.5 Å². The van der Waals surface area contributed by atoms with Crippen LogP contribution in [-0.2, 0) is 6.54 Å². The highest BCUT2D eigenvalue weighted by Gasteiger charge is 2.11. The lowest BCUT2D eigenvalue weighted by Gasteiger charge is -2.21. The molecule has 1 atom stereocenters. The number of hydrogen-bond acceptors (Lipinski definition) is 4. The maximum Gasteiger partial charge on any atom is 0.119 e. The third kappa shape index (κ3) is 4.85. The molecule has 1 N–H and O–H groups in total. The quantitative estimate of drug-likeness (QED) is 0.850. The summed E-state index contributed by atoms with van der Waals surface area (Å²) >= 11 is 0. The van der Waals surface area contributed by atoms with Gasteiger partial charge in [0.25, 0.3) is 0 Å². The van der Waals surface area contributed by atoms with E-state index >= 15 is 0 Å². The van der Waals surface area contributed by atoms with Crippen LogP contribution in [0.3, 0.4) is 0 Å². The Hall–Kier alpha value is -1.91. The van der Waals surface area contributed by atoms with E-state index in [1.54, 1.807) is 12.4 Å². The molecule has 4 nitrogen and oxygen atoms in total. The zero-order valence-corrected chi connectivity index (χ0v) is 12.6. The minimum absolute atomic E-state index is 0.507. The predicted octanol–water partition coefficient (Wildman–Crippen LogP) is 2.65. The molecule has 0 saturated carbocycles. The Morgan fingerprint density at radius 3 is 2.43 bits per heavy atom. The lowest BCUT2D eigenvalue weighted by molar-refractivity contribution is 0.124. The van der Waals surface area contributed by atoms with Gasteiger partial charge in [-0.05, 0) is 49.4 Å². The Morgan fingerprint density at radius 2 is 1.81 bits per heavy atom. The highest BCUT2D eigenvalue weighted by Crippen LogP contribution is 2.19. The predicted molar refractivity (Wildman–Crippen MR) is 83.1 cm³/mol. The van der Waals surface area contributed by atoms with Crippen LogP contribution in [-0.4, -0.2) is 35.2 Å². The molecular formula is C17H22N2O2. The highest BCUT2D eigenvalue weighted by atomic mass is 16.5. The number of aromatic nitrogens is 1. The number of aliphatic hydroxyl groups is 1. The molecule has 2 rings (SSSR count). The normalized spacial score (nSPS) is 12.4. The Kier molecular flexibility index (Phi) is 5.72. The standard InChI is InChI=1S/C17H22N2O2/c1-3-21-16-6-4-15(5-7-16)17(20)13-19(2)12-14-8-10-18-11-9-14/h4-11,17,20H,3,12-13H2,1-2H3. The van der Waals surface area contributed by atoms with Crippen molar-refractivity contribution in [2.75, 3.05) is 20.2 Å². The minimum atomic E-state index is -0.507. The first kappa shape index (κ1) is 15.5. The smallest absolute Gasteiger partial charge is 0.119 e. The Bertz CT molecular complexity index is 528. The van der Waals surface area contributed by atoms with E-state index in [1.165, 1.54) is 5.56 Å². The van der Waals surface area contributed by atoms with Crippen LogP contribution in [0.1, 0.15) is 24.2 Å². The Morgan fingerprint density at radius 1 is 1.14 bits per heavy atom. The van der Waals surface area contributed by atoms with E-state index in [2.05, 4.69) is 9.88 Å². The Balaban J connectivity index is 1.89. The number of pyridine rings is 1.